The molecule has 0 unspecified atom stereocenters. The number of carbonyl (C=O) groups is 2. The number of Topliss-reactive ketones (excluding diaryl/α,β-unsaturated/α-hetero) is 2. The van der Waals surface area contributed by atoms with Gasteiger partial charge in [0.2, 0.25) is 0 Å². The average molecular weight is 485 g/mol. The van der Waals surface area contributed by atoms with Crippen molar-refractivity contribution in [3.05, 3.63) is 65.6 Å². The van der Waals surface area contributed by atoms with Gasteiger partial charge >= 0.3 is 0 Å². The number of carbonyl (C=O) groups excluding carboxylic acids is 2. The molecule has 0 aliphatic heterocycles. The van der Waals surface area contributed by atoms with Gasteiger partial charge in [-0.15, -0.1) is 0 Å². The first-order chi connectivity index (χ1) is 17.4. The highest BCUT2D eigenvalue weighted by atomic mass is 16.5. The molecule has 0 saturated heterocycles. The molecule has 1 aliphatic carbocycles. The Morgan fingerprint density at radius 1 is 1.00 bits per heavy atom. The molecule has 1 fully saturated rings. The van der Waals surface area contributed by atoms with Crippen LogP contribution in [0.4, 0.5) is 0 Å². The Kier molecular flexibility index (Phi) is 6.55. The summed E-state index contributed by atoms with van der Waals surface area (Å²) in [6.07, 6.45) is 5.04. The number of phenols is 2. The summed E-state index contributed by atoms with van der Waals surface area (Å²) in [6.45, 7) is 2.34. The zero-order valence-corrected chi connectivity index (χ0v) is 20.2. The van der Waals surface area contributed by atoms with E-state index in [0.717, 1.165) is 46.0 Å². The van der Waals surface area contributed by atoms with Gasteiger partial charge in [-0.2, -0.15) is 0 Å². The summed E-state index contributed by atoms with van der Waals surface area (Å²) in [4.78, 5) is 33.3. The van der Waals surface area contributed by atoms with Gasteiger partial charge in [0.15, 0.2) is 11.5 Å². The molecule has 2 heterocycles. The molecule has 2 aromatic heterocycles. The van der Waals surface area contributed by atoms with Crippen LogP contribution >= 0.6 is 0 Å². The molecule has 1 saturated carbocycles. The normalized spacial score (nSPS) is 14.2. The lowest BCUT2D eigenvalue weighted by Gasteiger charge is -2.13. The van der Waals surface area contributed by atoms with Crippen molar-refractivity contribution in [2.75, 3.05) is 6.61 Å². The zero-order chi connectivity index (χ0) is 25.2. The second kappa shape index (κ2) is 9.93. The van der Waals surface area contributed by atoms with E-state index in [0.29, 0.717) is 36.9 Å². The van der Waals surface area contributed by atoms with Crippen LogP contribution in [0.5, 0.6) is 17.2 Å². The molecule has 0 atom stereocenters. The minimum absolute atomic E-state index is 0.00655. The molecule has 184 valence electrons. The molecule has 0 bridgehead atoms. The highest BCUT2D eigenvalue weighted by molar-refractivity contribution is 6.08. The molecule has 2 N–H and O–H groups in total. The fourth-order valence-corrected chi connectivity index (χ4v) is 4.91. The van der Waals surface area contributed by atoms with Gasteiger partial charge in [-0.1, -0.05) is 31.5 Å². The lowest BCUT2D eigenvalue weighted by molar-refractivity contribution is -0.127. The Morgan fingerprint density at radius 3 is 2.50 bits per heavy atom. The maximum atomic E-state index is 11.9. The molecule has 0 spiro atoms. The third-order valence-corrected chi connectivity index (χ3v) is 6.81. The Balaban J connectivity index is 1.43. The van der Waals surface area contributed by atoms with E-state index in [-0.39, 0.29) is 29.7 Å². The molecule has 4 aromatic rings. The number of para-hydroxylation sites is 1. The quantitative estimate of drug-likeness (QED) is 0.266. The zero-order valence-electron chi connectivity index (χ0n) is 20.2. The minimum Gasteiger partial charge on any atom is -0.504 e. The molecule has 7 nitrogen and oxygen atoms in total. The number of nitrogens with zero attached hydrogens (tertiary/aromatic N) is 2. The van der Waals surface area contributed by atoms with Gasteiger partial charge in [0.25, 0.3) is 0 Å². The minimum atomic E-state index is -0.546. The summed E-state index contributed by atoms with van der Waals surface area (Å²) < 4.78 is 5.98. The number of hydrogen-bond donors (Lipinski definition) is 2. The van der Waals surface area contributed by atoms with Crippen LogP contribution in [0.25, 0.3) is 21.7 Å². The van der Waals surface area contributed by atoms with Crippen molar-refractivity contribution in [3.8, 4) is 17.2 Å². The maximum Gasteiger partial charge on any atom is 0.158 e. The van der Waals surface area contributed by atoms with Crippen molar-refractivity contribution >= 4 is 33.2 Å². The third-order valence-electron chi connectivity index (χ3n) is 6.81. The fraction of sp³-hybridized carbons (Fsp3) is 0.310. The van der Waals surface area contributed by atoms with Crippen LogP contribution in [0.3, 0.4) is 0 Å². The Bertz CT molecular complexity index is 1460. The SMILES string of the molecule is CCCc1ncc(Cc2ccc3cccc(OCCC4C(=O)CCC4=O)c3n2)c2cc(O)c(O)cc12. The van der Waals surface area contributed by atoms with Crippen LogP contribution in [0.15, 0.2) is 48.7 Å². The number of phenolic OH excluding ortho intramolecular Hbond substituents is 2. The highest BCUT2D eigenvalue weighted by Gasteiger charge is 2.32. The molecule has 5 rings (SSSR count). The second-order valence-electron chi connectivity index (χ2n) is 9.30. The summed E-state index contributed by atoms with van der Waals surface area (Å²) in [7, 11) is 0. The van der Waals surface area contributed by atoms with E-state index in [1.165, 1.54) is 0 Å². The van der Waals surface area contributed by atoms with Crippen LogP contribution in [0.1, 0.15) is 49.6 Å². The van der Waals surface area contributed by atoms with E-state index in [9.17, 15) is 19.8 Å². The fourth-order valence-electron chi connectivity index (χ4n) is 4.91. The van der Waals surface area contributed by atoms with Gasteiger partial charge in [-0.05, 0) is 48.1 Å². The summed E-state index contributed by atoms with van der Waals surface area (Å²) in [5, 5.41) is 22.8. The average Bonchev–Trinajstić information content (AvgIpc) is 3.19. The first-order valence-corrected chi connectivity index (χ1v) is 12.3. The number of aromatic hydroxyl groups is 2. The van der Waals surface area contributed by atoms with E-state index in [2.05, 4.69) is 11.9 Å². The van der Waals surface area contributed by atoms with Crippen LogP contribution in [-0.2, 0) is 22.4 Å². The van der Waals surface area contributed by atoms with Crippen LogP contribution in [0.2, 0.25) is 0 Å². The highest BCUT2D eigenvalue weighted by Crippen LogP contribution is 2.34. The molecular formula is C29H28N2O5. The first-order valence-electron chi connectivity index (χ1n) is 12.3. The summed E-state index contributed by atoms with van der Waals surface area (Å²) in [6, 6.07) is 12.8. The lowest BCUT2D eigenvalue weighted by atomic mass is 9.99. The van der Waals surface area contributed by atoms with Gasteiger partial charge in [0.05, 0.1) is 12.5 Å². The van der Waals surface area contributed by atoms with Crippen molar-refractivity contribution in [1.29, 1.82) is 0 Å². The van der Waals surface area contributed by atoms with Crippen molar-refractivity contribution in [2.45, 2.75) is 45.4 Å². The Hall–Kier alpha value is -4.00. The summed E-state index contributed by atoms with van der Waals surface area (Å²) in [5.74, 6) is -0.254. The maximum absolute atomic E-state index is 11.9. The monoisotopic (exact) mass is 484 g/mol. The van der Waals surface area contributed by atoms with Gasteiger partial charge in [-0.25, -0.2) is 4.98 Å². The van der Waals surface area contributed by atoms with Gasteiger partial charge in [-0.3, -0.25) is 14.6 Å². The number of ether oxygens (including phenoxy) is 1. The van der Waals surface area contributed by atoms with Crippen LogP contribution < -0.4 is 4.74 Å². The Labute approximate surface area is 208 Å². The molecule has 0 amide bonds. The van der Waals surface area contributed by atoms with E-state index in [4.69, 9.17) is 9.72 Å². The van der Waals surface area contributed by atoms with Crippen molar-refractivity contribution in [2.24, 2.45) is 5.92 Å². The topological polar surface area (TPSA) is 110 Å². The second-order valence-corrected chi connectivity index (χ2v) is 9.30. The van der Waals surface area contributed by atoms with Crippen LogP contribution in [0, 0.1) is 5.92 Å². The molecule has 36 heavy (non-hydrogen) atoms. The summed E-state index contributed by atoms with van der Waals surface area (Å²) in [5.41, 5.74) is 3.29. The largest absolute Gasteiger partial charge is 0.504 e. The number of fused-ring (bicyclic) bond motifs is 2. The first kappa shape index (κ1) is 23.7. The number of rotatable bonds is 8. The standard InChI is InChI=1S/C29H28N2O5/c1-2-4-23-22-15-27(35)26(34)14-21(22)18(16-30-23)13-19-8-7-17-5-3-6-28(29(17)31-19)36-12-11-20-24(32)9-10-25(20)33/h3,5-8,14-16,20,34-35H,2,4,9-13H2,1H3. The van der Waals surface area contributed by atoms with E-state index in [1.54, 1.807) is 12.1 Å². The predicted molar refractivity (Wildman–Crippen MR) is 136 cm³/mol. The number of benzene rings is 2. The number of pyridine rings is 2. The van der Waals surface area contributed by atoms with E-state index >= 15 is 0 Å². The molecule has 0 radical (unpaired) electrons. The molecular weight excluding hydrogens is 456 g/mol. The van der Waals surface area contributed by atoms with Crippen molar-refractivity contribution in [1.82, 2.24) is 9.97 Å². The lowest BCUT2D eigenvalue weighted by Crippen LogP contribution is -2.17. The molecule has 7 heteroatoms. The third kappa shape index (κ3) is 4.61. The Morgan fingerprint density at radius 2 is 1.75 bits per heavy atom. The number of hydrogen-bond acceptors (Lipinski definition) is 7. The van der Waals surface area contributed by atoms with Gasteiger partial charge in [0, 0.05) is 47.6 Å². The number of ketones is 2. The number of aromatic nitrogens is 2. The summed E-state index contributed by atoms with van der Waals surface area (Å²) >= 11 is 0. The van der Waals surface area contributed by atoms with Gasteiger partial charge in [0.1, 0.15) is 22.8 Å². The predicted octanol–water partition coefficient (Wildman–Crippen LogP) is 5.05. The molecule has 1 aliphatic rings. The van der Waals surface area contributed by atoms with Gasteiger partial charge < -0.3 is 14.9 Å². The number of aryl methyl sites for hydroxylation is 1. The van der Waals surface area contributed by atoms with Crippen molar-refractivity contribution in [3.63, 3.8) is 0 Å². The van der Waals surface area contributed by atoms with E-state index < -0.39 is 5.92 Å². The van der Waals surface area contributed by atoms with Crippen LogP contribution in [-0.4, -0.2) is 38.4 Å². The molecule has 2 aromatic carbocycles. The smallest absolute Gasteiger partial charge is 0.158 e. The van der Waals surface area contributed by atoms with Crippen molar-refractivity contribution < 1.29 is 24.5 Å². The van der Waals surface area contributed by atoms with E-state index in [1.807, 2.05) is 36.5 Å².